The van der Waals surface area contributed by atoms with Crippen molar-refractivity contribution < 1.29 is 24.3 Å². The van der Waals surface area contributed by atoms with Crippen LogP contribution in [0.15, 0.2) is 30.3 Å². The first-order valence-electron chi connectivity index (χ1n) is 11.7. The molecule has 1 aromatic rings. The van der Waals surface area contributed by atoms with Crippen LogP contribution in [0.3, 0.4) is 0 Å². The van der Waals surface area contributed by atoms with Gasteiger partial charge in [-0.05, 0) is 44.2 Å². The Labute approximate surface area is 201 Å². The summed E-state index contributed by atoms with van der Waals surface area (Å²) in [6.07, 6.45) is 2.19. The molecule has 0 heterocycles. The molecule has 0 fully saturated rings. The zero-order valence-corrected chi connectivity index (χ0v) is 20.3. The average Bonchev–Trinajstić information content (AvgIpc) is 2.81. The second kappa shape index (κ2) is 15.0. The van der Waals surface area contributed by atoms with E-state index in [1.165, 1.54) is 6.92 Å². The summed E-state index contributed by atoms with van der Waals surface area (Å²) >= 11 is 0. The number of nitrogens with two attached hydrogens (primary N) is 2. The van der Waals surface area contributed by atoms with Crippen LogP contribution < -0.4 is 27.4 Å². The van der Waals surface area contributed by atoms with Crippen LogP contribution in [0.5, 0.6) is 0 Å². The van der Waals surface area contributed by atoms with Gasteiger partial charge >= 0.3 is 5.97 Å². The largest absolute Gasteiger partial charge is 0.480 e. The number of carboxylic acids is 1. The van der Waals surface area contributed by atoms with Crippen LogP contribution in [0, 0.1) is 5.92 Å². The lowest BCUT2D eigenvalue weighted by Crippen LogP contribution is -2.58. The molecule has 0 aliphatic carbocycles. The van der Waals surface area contributed by atoms with Crippen molar-refractivity contribution in [3.05, 3.63) is 35.9 Å². The summed E-state index contributed by atoms with van der Waals surface area (Å²) in [7, 11) is 0. The quantitative estimate of drug-likeness (QED) is 0.197. The summed E-state index contributed by atoms with van der Waals surface area (Å²) in [6, 6.07) is 5.14. The Morgan fingerprint density at radius 3 is 2.06 bits per heavy atom. The molecule has 8 N–H and O–H groups in total. The fourth-order valence-electron chi connectivity index (χ4n) is 3.33. The molecule has 1 rings (SSSR count). The third-order valence-electron chi connectivity index (χ3n) is 5.68. The minimum atomic E-state index is -1.18. The van der Waals surface area contributed by atoms with Crippen molar-refractivity contribution in [3.8, 4) is 0 Å². The number of aliphatic carboxylic acids is 1. The number of hydrogen-bond donors (Lipinski definition) is 6. The highest BCUT2D eigenvalue weighted by atomic mass is 16.4. The zero-order valence-electron chi connectivity index (χ0n) is 20.3. The molecule has 0 aliphatic rings. The number of nitrogens with one attached hydrogen (secondary N) is 3. The number of rotatable bonds is 15. The monoisotopic (exact) mass is 477 g/mol. The van der Waals surface area contributed by atoms with Crippen molar-refractivity contribution in [2.24, 2.45) is 17.4 Å². The van der Waals surface area contributed by atoms with Gasteiger partial charge in [0.2, 0.25) is 17.7 Å². The molecule has 5 atom stereocenters. The van der Waals surface area contributed by atoms with Crippen molar-refractivity contribution in [3.63, 3.8) is 0 Å². The van der Waals surface area contributed by atoms with E-state index >= 15 is 0 Å². The van der Waals surface area contributed by atoms with Gasteiger partial charge in [-0.25, -0.2) is 4.79 Å². The van der Waals surface area contributed by atoms with Crippen molar-refractivity contribution in [2.45, 2.75) is 77.0 Å². The highest BCUT2D eigenvalue weighted by Gasteiger charge is 2.31. The van der Waals surface area contributed by atoms with Gasteiger partial charge in [-0.1, -0.05) is 50.6 Å². The van der Waals surface area contributed by atoms with Crippen LogP contribution in [0.1, 0.15) is 52.0 Å². The van der Waals surface area contributed by atoms with Gasteiger partial charge in [0.1, 0.15) is 18.1 Å². The van der Waals surface area contributed by atoms with Crippen molar-refractivity contribution in [1.82, 2.24) is 16.0 Å². The molecule has 190 valence electrons. The lowest BCUT2D eigenvalue weighted by Gasteiger charge is -2.27. The molecule has 1 aromatic carbocycles. The number of benzene rings is 1. The maximum atomic E-state index is 13.1. The highest BCUT2D eigenvalue weighted by molar-refractivity contribution is 5.94. The Balaban J connectivity index is 3.00. The molecular weight excluding hydrogens is 438 g/mol. The summed E-state index contributed by atoms with van der Waals surface area (Å²) in [6.45, 7) is 5.64. The summed E-state index contributed by atoms with van der Waals surface area (Å²) < 4.78 is 0. The van der Waals surface area contributed by atoms with Gasteiger partial charge in [-0.3, -0.25) is 14.4 Å². The Morgan fingerprint density at radius 1 is 0.912 bits per heavy atom. The number of carbonyl (C=O) groups is 4. The van der Waals surface area contributed by atoms with Crippen molar-refractivity contribution in [1.29, 1.82) is 0 Å². The zero-order chi connectivity index (χ0) is 25.7. The van der Waals surface area contributed by atoms with Crippen LogP contribution in [0.4, 0.5) is 0 Å². The van der Waals surface area contributed by atoms with Gasteiger partial charge in [-0.15, -0.1) is 0 Å². The highest BCUT2D eigenvalue weighted by Crippen LogP contribution is 2.11. The molecule has 5 unspecified atom stereocenters. The molecule has 10 nitrogen and oxygen atoms in total. The Morgan fingerprint density at radius 2 is 1.53 bits per heavy atom. The predicted molar refractivity (Wildman–Crippen MR) is 130 cm³/mol. The first kappa shape index (κ1) is 29.1. The van der Waals surface area contributed by atoms with Crippen LogP contribution >= 0.6 is 0 Å². The van der Waals surface area contributed by atoms with E-state index in [2.05, 4.69) is 16.0 Å². The maximum Gasteiger partial charge on any atom is 0.326 e. The second-order valence-electron chi connectivity index (χ2n) is 8.60. The molecule has 10 heteroatoms. The number of carboxylic acid groups (broad SMARTS) is 1. The summed E-state index contributed by atoms with van der Waals surface area (Å²) in [5.74, 6) is -2.98. The second-order valence-corrected chi connectivity index (χ2v) is 8.60. The number of hydrogen-bond acceptors (Lipinski definition) is 6. The fourth-order valence-corrected chi connectivity index (χ4v) is 3.33. The summed E-state index contributed by atoms with van der Waals surface area (Å²) in [4.78, 5) is 50.0. The molecule has 3 amide bonds. The van der Waals surface area contributed by atoms with Crippen molar-refractivity contribution in [2.75, 3.05) is 6.54 Å². The third kappa shape index (κ3) is 9.88. The summed E-state index contributed by atoms with van der Waals surface area (Å²) in [5, 5.41) is 17.5. The Kier molecular flexibility index (Phi) is 12.8. The van der Waals surface area contributed by atoms with E-state index in [0.29, 0.717) is 25.8 Å². The topological polar surface area (TPSA) is 177 Å². The van der Waals surface area contributed by atoms with Gasteiger partial charge < -0.3 is 32.5 Å². The number of carbonyl (C=O) groups excluding carboxylic acids is 3. The molecule has 0 saturated heterocycles. The first-order chi connectivity index (χ1) is 16.1. The fraction of sp³-hybridized carbons (Fsp3) is 0.583. The molecule has 0 saturated carbocycles. The standard InChI is InChI=1S/C24H39N5O5/c1-4-15(2)20(29-21(30)16(3)26)23(32)27-18(12-8-9-13-25)22(31)28-19(24(33)34)14-17-10-6-5-7-11-17/h5-7,10-11,15-16,18-20H,4,8-9,12-14,25-26H2,1-3H3,(H,27,32)(H,28,31)(H,29,30)(H,33,34). The van der Waals surface area contributed by atoms with Crippen molar-refractivity contribution >= 4 is 23.7 Å². The van der Waals surface area contributed by atoms with E-state index in [-0.39, 0.29) is 18.8 Å². The number of unbranched alkanes of at least 4 members (excludes halogenated alkanes) is 1. The Hall–Kier alpha value is -2.98. The van der Waals surface area contributed by atoms with Gasteiger partial charge in [-0.2, -0.15) is 0 Å². The molecule has 0 spiro atoms. The van der Waals surface area contributed by atoms with Crippen LogP contribution in [0.25, 0.3) is 0 Å². The average molecular weight is 478 g/mol. The SMILES string of the molecule is CCC(C)C(NC(=O)C(C)N)C(=O)NC(CCCCN)C(=O)NC(Cc1ccccc1)C(=O)O. The molecule has 34 heavy (non-hydrogen) atoms. The van der Waals surface area contributed by atoms with Gasteiger partial charge in [0.25, 0.3) is 0 Å². The smallest absolute Gasteiger partial charge is 0.326 e. The molecular formula is C24H39N5O5. The number of amides is 3. The summed E-state index contributed by atoms with van der Waals surface area (Å²) in [5.41, 5.74) is 11.9. The minimum Gasteiger partial charge on any atom is -0.480 e. The van der Waals surface area contributed by atoms with E-state index in [9.17, 15) is 24.3 Å². The molecule has 0 bridgehead atoms. The normalized spacial score (nSPS) is 15.3. The molecule has 0 aromatic heterocycles. The van der Waals surface area contributed by atoms with Crippen LogP contribution in [-0.4, -0.2) is 59.5 Å². The lowest BCUT2D eigenvalue weighted by atomic mass is 9.97. The van der Waals surface area contributed by atoms with E-state index < -0.39 is 47.9 Å². The van der Waals surface area contributed by atoms with Crippen LogP contribution in [-0.2, 0) is 25.6 Å². The minimum absolute atomic E-state index is 0.102. The first-order valence-corrected chi connectivity index (χ1v) is 11.7. The van der Waals surface area contributed by atoms with Crippen LogP contribution in [0.2, 0.25) is 0 Å². The Bertz CT molecular complexity index is 802. The van der Waals surface area contributed by atoms with E-state index in [1.54, 1.807) is 24.3 Å². The molecule has 0 radical (unpaired) electrons. The van der Waals surface area contributed by atoms with Gasteiger partial charge in [0.05, 0.1) is 6.04 Å². The van der Waals surface area contributed by atoms with E-state index in [4.69, 9.17) is 11.5 Å². The van der Waals surface area contributed by atoms with E-state index in [1.807, 2.05) is 19.9 Å². The third-order valence-corrected chi connectivity index (χ3v) is 5.68. The lowest BCUT2D eigenvalue weighted by molar-refractivity contribution is -0.142. The predicted octanol–water partition coefficient (Wildman–Crippen LogP) is 0.290. The maximum absolute atomic E-state index is 13.1. The van der Waals surface area contributed by atoms with Gasteiger partial charge in [0, 0.05) is 6.42 Å². The molecule has 0 aliphatic heterocycles. The van der Waals surface area contributed by atoms with Gasteiger partial charge in [0.15, 0.2) is 0 Å². The van der Waals surface area contributed by atoms with E-state index in [0.717, 1.165) is 5.56 Å².